The van der Waals surface area contributed by atoms with E-state index >= 15 is 0 Å². The Balaban J connectivity index is 1.71. The first-order chi connectivity index (χ1) is 16.4. The van der Waals surface area contributed by atoms with Gasteiger partial charge in [-0.25, -0.2) is 9.80 Å². The summed E-state index contributed by atoms with van der Waals surface area (Å²) in [5, 5.41) is 4.55. The molecule has 1 atom stereocenters. The number of hydrogen-bond donors (Lipinski definition) is 2. The molecule has 0 saturated heterocycles. The Morgan fingerprint density at radius 2 is 1.82 bits per heavy atom. The van der Waals surface area contributed by atoms with Gasteiger partial charge < -0.3 is 14.8 Å². The maximum absolute atomic E-state index is 13.5. The molecule has 2 N–H and O–H groups in total. The van der Waals surface area contributed by atoms with E-state index in [1.54, 1.807) is 60.7 Å². The van der Waals surface area contributed by atoms with E-state index in [1.165, 1.54) is 12.1 Å². The first-order valence-corrected chi connectivity index (χ1v) is 11.3. The Kier molecular flexibility index (Phi) is 6.83. The predicted molar refractivity (Wildman–Crippen MR) is 130 cm³/mol. The molecule has 0 fully saturated rings. The van der Waals surface area contributed by atoms with Crippen LogP contribution >= 0.6 is 15.9 Å². The number of esters is 1. The molecule has 0 radical (unpaired) electrons. The lowest BCUT2D eigenvalue weighted by molar-refractivity contribution is 0.0489. The third kappa shape index (κ3) is 4.60. The zero-order valence-corrected chi connectivity index (χ0v) is 20.1. The van der Waals surface area contributed by atoms with Gasteiger partial charge in [-0.05, 0) is 55.0 Å². The van der Waals surface area contributed by atoms with E-state index in [1.807, 2.05) is 13.0 Å². The minimum absolute atomic E-state index is 0.303. The summed E-state index contributed by atoms with van der Waals surface area (Å²) in [6, 6.07) is 18.7. The highest BCUT2D eigenvalue weighted by atomic mass is 79.9. The highest BCUT2D eigenvalue weighted by Crippen LogP contribution is 2.34. The molecule has 8 nitrogen and oxygen atoms in total. The van der Waals surface area contributed by atoms with Gasteiger partial charge in [-0.2, -0.15) is 0 Å². The van der Waals surface area contributed by atoms with Gasteiger partial charge in [0.25, 0.3) is 11.8 Å². The summed E-state index contributed by atoms with van der Waals surface area (Å²) >= 11 is 3.39. The first-order valence-electron chi connectivity index (χ1n) is 10.5. The van der Waals surface area contributed by atoms with Crippen molar-refractivity contribution >= 4 is 39.4 Å². The number of hydrazine groups is 1. The van der Waals surface area contributed by atoms with Gasteiger partial charge in [-0.15, -0.1) is 0 Å². The number of carbonyl (C=O) groups is 3. The van der Waals surface area contributed by atoms with E-state index in [9.17, 15) is 14.4 Å². The molecular formula is C25H22BrN3O5. The number of nitrogens with one attached hydrogen (secondary N) is 2. The van der Waals surface area contributed by atoms with Crippen LogP contribution in [0.1, 0.15) is 49.7 Å². The van der Waals surface area contributed by atoms with Crippen molar-refractivity contribution in [3.8, 4) is 5.75 Å². The van der Waals surface area contributed by atoms with Crippen LogP contribution < -0.4 is 15.5 Å². The molecule has 4 rings (SSSR count). The second-order valence-electron chi connectivity index (χ2n) is 7.40. The Bertz CT molecular complexity index is 1250. The van der Waals surface area contributed by atoms with Gasteiger partial charge in [0.15, 0.2) is 0 Å². The first kappa shape index (κ1) is 23.3. The topological polar surface area (TPSA) is 97.0 Å². The van der Waals surface area contributed by atoms with Crippen LogP contribution in [0.15, 0.2) is 71.2 Å². The van der Waals surface area contributed by atoms with E-state index in [0.717, 1.165) is 4.47 Å². The largest absolute Gasteiger partial charge is 0.493 e. The Hall–Kier alpha value is -3.85. The number of methoxy groups -OCH3 is 1. The second kappa shape index (κ2) is 9.96. The Morgan fingerprint density at radius 3 is 2.53 bits per heavy atom. The van der Waals surface area contributed by atoms with Gasteiger partial charge in [-0.1, -0.05) is 40.2 Å². The molecule has 0 aliphatic carbocycles. The molecule has 0 bridgehead atoms. The van der Waals surface area contributed by atoms with Gasteiger partial charge >= 0.3 is 5.97 Å². The lowest BCUT2D eigenvalue weighted by Gasteiger charge is -2.38. The molecule has 0 aromatic heterocycles. The monoisotopic (exact) mass is 523 g/mol. The molecule has 1 heterocycles. The van der Waals surface area contributed by atoms with Gasteiger partial charge in [0, 0.05) is 10.2 Å². The van der Waals surface area contributed by atoms with Crippen molar-refractivity contribution in [2.75, 3.05) is 19.0 Å². The van der Waals surface area contributed by atoms with Crippen molar-refractivity contribution in [2.24, 2.45) is 0 Å². The maximum atomic E-state index is 13.5. The molecule has 9 heteroatoms. The highest BCUT2D eigenvalue weighted by molar-refractivity contribution is 9.10. The van der Waals surface area contributed by atoms with Crippen molar-refractivity contribution in [1.82, 2.24) is 10.4 Å². The number of anilines is 1. The number of benzene rings is 3. The SMILES string of the molecule is CCOc1ccccc1C(=O)NN1C(=O)c2cc(Br)ccc2NC1c1ccc(C(=O)OC)cc1. The molecule has 3 aromatic rings. The summed E-state index contributed by atoms with van der Waals surface area (Å²) in [5.41, 5.74) is 5.09. The molecular weight excluding hydrogens is 502 g/mol. The smallest absolute Gasteiger partial charge is 0.337 e. The average Bonchev–Trinajstić information content (AvgIpc) is 2.86. The van der Waals surface area contributed by atoms with Crippen LogP contribution in [0.3, 0.4) is 0 Å². The fraction of sp³-hybridized carbons (Fsp3) is 0.160. The normalized spacial score (nSPS) is 14.6. The lowest BCUT2D eigenvalue weighted by atomic mass is 10.0. The minimum Gasteiger partial charge on any atom is -0.493 e. The lowest BCUT2D eigenvalue weighted by Crippen LogP contribution is -2.53. The third-order valence-corrected chi connectivity index (χ3v) is 5.78. The molecule has 1 unspecified atom stereocenters. The van der Waals surface area contributed by atoms with Crippen molar-refractivity contribution in [3.63, 3.8) is 0 Å². The summed E-state index contributed by atoms with van der Waals surface area (Å²) in [6.45, 7) is 2.22. The van der Waals surface area contributed by atoms with Gasteiger partial charge in [-0.3, -0.25) is 15.0 Å². The van der Waals surface area contributed by atoms with E-state index in [-0.39, 0.29) is 5.91 Å². The molecule has 1 aliphatic rings. The number of nitrogens with zero attached hydrogens (tertiary/aromatic N) is 1. The van der Waals surface area contributed by atoms with Gasteiger partial charge in [0.05, 0.1) is 30.4 Å². The van der Waals surface area contributed by atoms with Crippen molar-refractivity contribution in [3.05, 3.63) is 93.5 Å². The summed E-state index contributed by atoms with van der Waals surface area (Å²) in [4.78, 5) is 38.5. The van der Waals surface area contributed by atoms with Crippen LogP contribution in [0.4, 0.5) is 5.69 Å². The summed E-state index contributed by atoms with van der Waals surface area (Å²) in [5.74, 6) is -0.928. The van der Waals surface area contributed by atoms with Crippen molar-refractivity contribution in [1.29, 1.82) is 0 Å². The van der Waals surface area contributed by atoms with Crippen LogP contribution in [-0.2, 0) is 4.74 Å². The highest BCUT2D eigenvalue weighted by Gasteiger charge is 2.35. The third-order valence-electron chi connectivity index (χ3n) is 5.28. The summed E-state index contributed by atoms with van der Waals surface area (Å²) < 4.78 is 11.1. The number of rotatable bonds is 6. The van der Waals surface area contributed by atoms with Crippen LogP contribution in [0.5, 0.6) is 5.75 Å². The molecule has 174 valence electrons. The Morgan fingerprint density at radius 1 is 1.09 bits per heavy atom. The zero-order chi connectivity index (χ0) is 24.2. The van der Waals surface area contributed by atoms with Crippen molar-refractivity contribution in [2.45, 2.75) is 13.1 Å². The summed E-state index contributed by atoms with van der Waals surface area (Å²) in [7, 11) is 1.31. The van der Waals surface area contributed by atoms with E-state index in [4.69, 9.17) is 9.47 Å². The number of para-hydroxylation sites is 1. The molecule has 3 aromatic carbocycles. The van der Waals surface area contributed by atoms with Crippen LogP contribution in [0, 0.1) is 0 Å². The fourth-order valence-corrected chi connectivity index (χ4v) is 4.01. The van der Waals surface area contributed by atoms with E-state index in [2.05, 4.69) is 26.7 Å². The molecule has 34 heavy (non-hydrogen) atoms. The fourth-order valence-electron chi connectivity index (χ4n) is 3.65. The number of hydrogen-bond acceptors (Lipinski definition) is 6. The standard InChI is InChI=1S/C25H22BrN3O5/c1-3-34-21-7-5-4-6-18(21)23(30)28-29-22(15-8-10-16(11-9-15)25(32)33-2)27-20-13-12-17(26)14-19(20)24(29)31/h4-14,22,27H,3H2,1-2H3,(H,28,30). The molecule has 0 saturated carbocycles. The predicted octanol–water partition coefficient (Wildman–Crippen LogP) is 4.55. The average molecular weight is 524 g/mol. The molecule has 2 amide bonds. The van der Waals surface area contributed by atoms with Crippen molar-refractivity contribution < 1.29 is 23.9 Å². The number of amides is 2. The van der Waals surface area contributed by atoms with Crippen LogP contribution in [-0.4, -0.2) is 36.5 Å². The maximum Gasteiger partial charge on any atom is 0.337 e. The van der Waals surface area contributed by atoms with Crippen LogP contribution in [0.25, 0.3) is 0 Å². The van der Waals surface area contributed by atoms with E-state index < -0.39 is 18.0 Å². The molecule has 0 spiro atoms. The summed E-state index contributed by atoms with van der Waals surface area (Å²) in [6.07, 6.45) is -0.726. The minimum atomic E-state index is -0.726. The van der Waals surface area contributed by atoms with Gasteiger partial charge in [0.2, 0.25) is 0 Å². The van der Waals surface area contributed by atoms with Gasteiger partial charge in [0.1, 0.15) is 11.9 Å². The molecule has 1 aliphatic heterocycles. The van der Waals surface area contributed by atoms with E-state index in [0.29, 0.717) is 40.3 Å². The Labute approximate surface area is 205 Å². The second-order valence-corrected chi connectivity index (χ2v) is 8.31. The van der Waals surface area contributed by atoms with Crippen LogP contribution in [0.2, 0.25) is 0 Å². The number of ether oxygens (including phenoxy) is 2. The quantitative estimate of drug-likeness (QED) is 0.460. The number of carbonyl (C=O) groups excluding carboxylic acids is 3. The zero-order valence-electron chi connectivity index (χ0n) is 18.5. The number of fused-ring (bicyclic) bond motifs is 1. The number of halogens is 1.